The van der Waals surface area contributed by atoms with Crippen molar-refractivity contribution in [2.45, 2.75) is 6.42 Å². The molecule has 120 valence electrons. The van der Waals surface area contributed by atoms with Crippen LogP contribution in [0.2, 0.25) is 0 Å². The zero-order valence-electron chi connectivity index (χ0n) is 13.4. The minimum Gasteiger partial charge on any atom is -0.368 e. The summed E-state index contributed by atoms with van der Waals surface area (Å²) < 4.78 is 0. The molecule has 0 amide bonds. The number of aromatic amines is 1. The molecule has 5 rings (SSSR count). The van der Waals surface area contributed by atoms with Gasteiger partial charge in [0.05, 0.1) is 5.69 Å². The van der Waals surface area contributed by atoms with Crippen LogP contribution in [0.3, 0.4) is 0 Å². The number of nitrogens with one attached hydrogen (secondary N) is 1. The molecular formula is C20H15N5. The van der Waals surface area contributed by atoms with E-state index in [9.17, 15) is 0 Å². The highest BCUT2D eigenvalue weighted by Crippen LogP contribution is 2.35. The van der Waals surface area contributed by atoms with Crippen molar-refractivity contribution in [2.24, 2.45) is 0 Å². The lowest BCUT2D eigenvalue weighted by Gasteiger charge is -2.09. The van der Waals surface area contributed by atoms with Crippen LogP contribution in [0, 0.1) is 0 Å². The van der Waals surface area contributed by atoms with Crippen LogP contribution < -0.4 is 5.73 Å². The number of allylic oxidation sites excluding steroid dienone is 1. The summed E-state index contributed by atoms with van der Waals surface area (Å²) in [7, 11) is 0. The molecule has 0 bridgehead atoms. The smallest absolute Gasteiger partial charge is 0.219 e. The predicted molar refractivity (Wildman–Crippen MR) is 98.8 cm³/mol. The van der Waals surface area contributed by atoms with E-state index in [0.717, 1.165) is 28.8 Å². The first-order chi connectivity index (χ1) is 12.3. The van der Waals surface area contributed by atoms with Gasteiger partial charge in [0.2, 0.25) is 5.95 Å². The van der Waals surface area contributed by atoms with Gasteiger partial charge in [0.25, 0.3) is 0 Å². The monoisotopic (exact) mass is 325 g/mol. The summed E-state index contributed by atoms with van der Waals surface area (Å²) >= 11 is 0. The fraction of sp³-hybridized carbons (Fsp3) is 0.0500. The zero-order valence-corrected chi connectivity index (χ0v) is 13.4. The molecule has 0 unspecified atom stereocenters. The maximum Gasteiger partial charge on any atom is 0.219 e. The molecule has 0 aliphatic heterocycles. The topological polar surface area (TPSA) is 80.5 Å². The second-order valence-electron chi connectivity index (χ2n) is 6.15. The summed E-state index contributed by atoms with van der Waals surface area (Å²) in [5.74, 6) is 0.276. The fourth-order valence-electron chi connectivity index (χ4n) is 3.34. The van der Waals surface area contributed by atoms with Crippen molar-refractivity contribution in [2.75, 3.05) is 5.73 Å². The molecule has 3 heterocycles. The molecular weight excluding hydrogens is 310 g/mol. The van der Waals surface area contributed by atoms with E-state index >= 15 is 0 Å². The van der Waals surface area contributed by atoms with Gasteiger partial charge in [-0.2, -0.15) is 0 Å². The number of hydrogen-bond donors (Lipinski definition) is 2. The Balaban J connectivity index is 1.60. The van der Waals surface area contributed by atoms with Gasteiger partial charge >= 0.3 is 0 Å². The average molecular weight is 325 g/mol. The second-order valence-corrected chi connectivity index (χ2v) is 6.15. The van der Waals surface area contributed by atoms with Crippen LogP contribution >= 0.6 is 0 Å². The molecule has 3 aromatic heterocycles. The third-order valence-corrected chi connectivity index (χ3v) is 4.63. The van der Waals surface area contributed by atoms with Crippen molar-refractivity contribution in [3.8, 4) is 11.1 Å². The summed E-state index contributed by atoms with van der Waals surface area (Å²) in [6, 6.07) is 10.7. The number of nitrogen functional groups attached to an aromatic ring is 1. The molecule has 25 heavy (non-hydrogen) atoms. The van der Waals surface area contributed by atoms with Crippen LogP contribution in [0.25, 0.3) is 27.6 Å². The maximum absolute atomic E-state index is 5.58. The molecule has 0 spiro atoms. The molecule has 1 aliphatic carbocycles. The van der Waals surface area contributed by atoms with Crippen molar-refractivity contribution < 1.29 is 0 Å². The van der Waals surface area contributed by atoms with Gasteiger partial charge in [-0.3, -0.25) is 4.98 Å². The van der Waals surface area contributed by atoms with Crippen LogP contribution in [0.1, 0.15) is 16.8 Å². The summed E-state index contributed by atoms with van der Waals surface area (Å²) in [4.78, 5) is 16.0. The summed E-state index contributed by atoms with van der Waals surface area (Å²) in [6.07, 6.45) is 10.4. The van der Waals surface area contributed by atoms with Crippen LogP contribution in [0.15, 0.2) is 61.2 Å². The Morgan fingerprint density at radius 3 is 2.60 bits per heavy atom. The van der Waals surface area contributed by atoms with E-state index in [0.29, 0.717) is 0 Å². The fourth-order valence-corrected chi connectivity index (χ4v) is 3.34. The molecule has 0 saturated carbocycles. The molecule has 4 aromatic rings. The van der Waals surface area contributed by atoms with E-state index < -0.39 is 0 Å². The minimum atomic E-state index is 0.276. The van der Waals surface area contributed by atoms with E-state index in [2.05, 4.69) is 56.3 Å². The van der Waals surface area contributed by atoms with Gasteiger partial charge in [-0.15, -0.1) is 0 Å². The highest BCUT2D eigenvalue weighted by atomic mass is 15.0. The Kier molecular flexibility index (Phi) is 2.94. The van der Waals surface area contributed by atoms with Crippen LogP contribution in [-0.4, -0.2) is 19.9 Å². The van der Waals surface area contributed by atoms with Crippen LogP contribution in [0.4, 0.5) is 5.95 Å². The average Bonchev–Trinajstić information content (AvgIpc) is 3.27. The number of rotatable bonds is 2. The summed E-state index contributed by atoms with van der Waals surface area (Å²) in [5, 5.41) is 1.21. The van der Waals surface area contributed by atoms with E-state index in [-0.39, 0.29) is 5.95 Å². The quantitative estimate of drug-likeness (QED) is 0.590. The van der Waals surface area contributed by atoms with Gasteiger partial charge in [0, 0.05) is 53.4 Å². The number of benzene rings is 1. The number of H-pyrrole nitrogens is 1. The first kappa shape index (κ1) is 13.9. The largest absolute Gasteiger partial charge is 0.368 e. The van der Waals surface area contributed by atoms with Gasteiger partial charge in [0.15, 0.2) is 0 Å². The predicted octanol–water partition coefficient (Wildman–Crippen LogP) is 3.59. The number of hydrogen-bond acceptors (Lipinski definition) is 4. The second kappa shape index (κ2) is 5.27. The molecule has 0 fully saturated rings. The third-order valence-electron chi connectivity index (χ3n) is 4.63. The lowest BCUT2D eigenvalue weighted by atomic mass is 9.98. The molecule has 0 saturated heterocycles. The van der Waals surface area contributed by atoms with Crippen molar-refractivity contribution >= 4 is 22.4 Å². The Morgan fingerprint density at radius 1 is 0.880 bits per heavy atom. The Morgan fingerprint density at radius 2 is 1.72 bits per heavy atom. The first-order valence-electron chi connectivity index (χ1n) is 8.13. The van der Waals surface area contributed by atoms with Gasteiger partial charge < -0.3 is 10.7 Å². The number of aromatic nitrogens is 4. The highest BCUT2D eigenvalue weighted by Gasteiger charge is 2.18. The van der Waals surface area contributed by atoms with Gasteiger partial charge in [-0.25, -0.2) is 9.97 Å². The number of nitrogens with two attached hydrogens (primary N) is 1. The summed E-state index contributed by atoms with van der Waals surface area (Å²) in [6.45, 7) is 0. The van der Waals surface area contributed by atoms with Crippen molar-refractivity contribution in [3.05, 3.63) is 78.0 Å². The van der Waals surface area contributed by atoms with Crippen LogP contribution in [0.5, 0.6) is 0 Å². The molecule has 3 N–H and O–H groups in total. The normalized spacial score (nSPS) is 13.0. The van der Waals surface area contributed by atoms with Crippen molar-refractivity contribution in [3.63, 3.8) is 0 Å². The minimum absolute atomic E-state index is 0.276. The lowest BCUT2D eigenvalue weighted by molar-refractivity contribution is 1.12. The molecule has 1 aromatic carbocycles. The number of fused-ring (bicyclic) bond motifs is 2. The molecule has 5 nitrogen and oxygen atoms in total. The van der Waals surface area contributed by atoms with Crippen molar-refractivity contribution in [1.82, 2.24) is 19.9 Å². The Labute approximate surface area is 144 Å². The Bertz CT molecular complexity index is 1120. The van der Waals surface area contributed by atoms with E-state index in [1.807, 2.05) is 12.4 Å². The lowest BCUT2D eigenvalue weighted by Crippen LogP contribution is -1.96. The Hall–Kier alpha value is -3.47. The van der Waals surface area contributed by atoms with E-state index in [1.54, 1.807) is 12.4 Å². The zero-order chi connectivity index (χ0) is 16.8. The van der Waals surface area contributed by atoms with Gasteiger partial charge in [-0.05, 0) is 40.8 Å². The van der Waals surface area contributed by atoms with E-state index in [4.69, 9.17) is 5.73 Å². The van der Waals surface area contributed by atoms with Crippen molar-refractivity contribution in [1.29, 1.82) is 0 Å². The summed E-state index contributed by atoms with van der Waals surface area (Å²) in [5.41, 5.74) is 13.3. The highest BCUT2D eigenvalue weighted by molar-refractivity contribution is 5.90. The van der Waals surface area contributed by atoms with Gasteiger partial charge in [0.1, 0.15) is 0 Å². The molecule has 0 atom stereocenters. The molecule has 1 aliphatic rings. The molecule has 5 heteroatoms. The van der Waals surface area contributed by atoms with Gasteiger partial charge in [-0.1, -0.05) is 12.1 Å². The van der Waals surface area contributed by atoms with Crippen LogP contribution in [-0.2, 0) is 6.42 Å². The SMILES string of the molecule is Nc1ncc(-c2cnc3c(c2)C(c2ccc4[nH]ccc4c2)=CC3)cn1. The van der Waals surface area contributed by atoms with E-state index in [1.165, 1.54) is 22.1 Å². The molecule has 0 radical (unpaired) electrons. The number of pyridine rings is 1. The first-order valence-corrected chi connectivity index (χ1v) is 8.13. The third kappa shape index (κ3) is 2.29. The standard InChI is InChI=1S/C20H15N5/c21-20-24-10-15(11-25-20)14-8-17-16(2-4-19(17)23-9-14)12-1-3-18-13(7-12)5-6-22-18/h1-3,5-11,22H,4H2,(H2,21,24,25). The number of anilines is 1. The maximum atomic E-state index is 5.58. The number of nitrogens with zero attached hydrogens (tertiary/aromatic N) is 3.